The van der Waals surface area contributed by atoms with Crippen molar-refractivity contribution in [1.82, 2.24) is 4.90 Å². The third-order valence-corrected chi connectivity index (χ3v) is 4.35. The van der Waals surface area contributed by atoms with Crippen molar-refractivity contribution in [3.63, 3.8) is 0 Å². The van der Waals surface area contributed by atoms with E-state index in [1.807, 2.05) is 12.1 Å². The number of hydrogen-bond donors (Lipinski definition) is 1. The van der Waals surface area contributed by atoms with Gasteiger partial charge in [0.15, 0.2) is 11.6 Å². The minimum atomic E-state index is -0.710. The van der Waals surface area contributed by atoms with Crippen molar-refractivity contribution in [3.8, 4) is 5.75 Å². The number of carbonyl (C=O) groups is 1. The Morgan fingerprint density at radius 1 is 1.12 bits per heavy atom. The van der Waals surface area contributed by atoms with Gasteiger partial charge >= 0.3 is 0 Å². The molecule has 2 N–H and O–H groups in total. The van der Waals surface area contributed by atoms with E-state index < -0.39 is 11.6 Å². The number of carbonyl (C=O) groups excluding carboxylic acids is 1. The zero-order chi connectivity index (χ0) is 17.8. The lowest BCUT2D eigenvalue weighted by molar-refractivity contribution is 0.0588. The number of benzene rings is 2. The Balaban J connectivity index is 0.00000243. The summed E-state index contributed by atoms with van der Waals surface area (Å²) in [7, 11) is 0. The summed E-state index contributed by atoms with van der Waals surface area (Å²) in [5.74, 6) is -1.33. The molecular weight excluding hydrogens is 362 g/mol. The predicted molar refractivity (Wildman–Crippen MR) is 97.5 cm³/mol. The molecule has 1 heterocycles. The number of likely N-dealkylation sites (tertiary alicyclic amines) is 1. The number of hydrogen-bond acceptors (Lipinski definition) is 3. The number of piperidine rings is 1. The van der Waals surface area contributed by atoms with Crippen LogP contribution in [0.1, 0.15) is 28.8 Å². The van der Waals surface area contributed by atoms with Crippen LogP contribution in [0.4, 0.5) is 8.78 Å². The molecule has 0 bridgehead atoms. The van der Waals surface area contributed by atoms with Crippen LogP contribution in [0.3, 0.4) is 0 Å². The molecule has 7 heteroatoms. The predicted octanol–water partition coefficient (Wildman–Crippen LogP) is 3.53. The first-order valence-electron chi connectivity index (χ1n) is 8.27. The summed E-state index contributed by atoms with van der Waals surface area (Å²) in [6.07, 6.45) is 1.01. The third-order valence-electron chi connectivity index (χ3n) is 4.35. The molecule has 0 saturated carbocycles. The van der Waals surface area contributed by atoms with Gasteiger partial charge in [-0.05, 0) is 29.8 Å². The van der Waals surface area contributed by atoms with Crippen molar-refractivity contribution < 1.29 is 18.3 Å². The molecule has 26 heavy (non-hydrogen) atoms. The summed E-state index contributed by atoms with van der Waals surface area (Å²) in [4.78, 5) is 14.3. The maximum absolute atomic E-state index is 13.7. The zero-order valence-electron chi connectivity index (χ0n) is 14.2. The molecule has 0 aliphatic carbocycles. The first-order chi connectivity index (χ1) is 12.1. The van der Waals surface area contributed by atoms with Gasteiger partial charge in [0.1, 0.15) is 11.9 Å². The number of ether oxygens (including phenoxy) is 1. The smallest absolute Gasteiger partial charge is 0.253 e. The lowest BCUT2D eigenvalue weighted by Gasteiger charge is -2.32. The average molecular weight is 383 g/mol. The second kappa shape index (κ2) is 8.96. The quantitative estimate of drug-likeness (QED) is 0.880. The summed E-state index contributed by atoms with van der Waals surface area (Å²) in [5, 5.41) is 0. The van der Waals surface area contributed by atoms with Crippen LogP contribution in [-0.4, -0.2) is 30.0 Å². The highest BCUT2D eigenvalue weighted by Gasteiger charge is 2.25. The molecule has 0 aromatic heterocycles. The molecular formula is C19H21ClF2N2O2. The molecule has 1 aliphatic heterocycles. The standard InChI is InChI=1S/C19H20F2N2O2.ClH/c20-15-5-6-18(17(21)11-15)25-16-7-9-23(10-8-16)19(24)14-3-1-13(12-22)2-4-14;/h1-6,11,16H,7-10,12,22H2;1H. The Hall–Kier alpha value is -2.18. The fourth-order valence-corrected chi connectivity index (χ4v) is 2.89. The van der Waals surface area contributed by atoms with Crippen LogP contribution in [0.25, 0.3) is 0 Å². The van der Waals surface area contributed by atoms with Gasteiger partial charge in [-0.3, -0.25) is 4.79 Å². The van der Waals surface area contributed by atoms with Gasteiger partial charge in [-0.1, -0.05) is 12.1 Å². The number of nitrogens with two attached hydrogens (primary N) is 1. The van der Waals surface area contributed by atoms with E-state index >= 15 is 0 Å². The largest absolute Gasteiger partial charge is 0.487 e. The average Bonchev–Trinajstić information content (AvgIpc) is 2.64. The van der Waals surface area contributed by atoms with Crippen molar-refractivity contribution in [3.05, 3.63) is 65.2 Å². The highest BCUT2D eigenvalue weighted by atomic mass is 35.5. The van der Waals surface area contributed by atoms with E-state index in [9.17, 15) is 13.6 Å². The molecule has 140 valence electrons. The number of halogens is 3. The van der Waals surface area contributed by atoms with E-state index in [1.165, 1.54) is 12.1 Å². The van der Waals surface area contributed by atoms with Crippen LogP contribution in [-0.2, 0) is 6.54 Å². The highest BCUT2D eigenvalue weighted by molar-refractivity contribution is 5.94. The van der Waals surface area contributed by atoms with E-state index in [2.05, 4.69) is 0 Å². The van der Waals surface area contributed by atoms with Crippen molar-refractivity contribution in [1.29, 1.82) is 0 Å². The molecule has 3 rings (SSSR count). The fourth-order valence-electron chi connectivity index (χ4n) is 2.89. The lowest BCUT2D eigenvalue weighted by atomic mass is 10.1. The summed E-state index contributed by atoms with van der Waals surface area (Å²) >= 11 is 0. The summed E-state index contributed by atoms with van der Waals surface area (Å²) in [6, 6.07) is 10.5. The molecule has 0 spiro atoms. The first-order valence-corrected chi connectivity index (χ1v) is 8.27. The molecule has 0 atom stereocenters. The van der Waals surface area contributed by atoms with Gasteiger partial charge in [0, 0.05) is 44.1 Å². The van der Waals surface area contributed by atoms with Gasteiger partial charge < -0.3 is 15.4 Å². The Morgan fingerprint density at radius 2 is 1.77 bits per heavy atom. The van der Waals surface area contributed by atoms with E-state index in [-0.39, 0.29) is 30.2 Å². The lowest BCUT2D eigenvalue weighted by Crippen LogP contribution is -2.41. The Bertz CT molecular complexity index is 748. The monoisotopic (exact) mass is 382 g/mol. The van der Waals surface area contributed by atoms with Gasteiger partial charge in [0.05, 0.1) is 0 Å². The molecule has 2 aromatic rings. The van der Waals surface area contributed by atoms with Crippen LogP contribution in [0, 0.1) is 11.6 Å². The first kappa shape index (κ1) is 20.1. The molecule has 1 fully saturated rings. The van der Waals surface area contributed by atoms with Crippen molar-refractivity contribution >= 4 is 18.3 Å². The van der Waals surface area contributed by atoms with Crippen LogP contribution in [0.5, 0.6) is 5.75 Å². The van der Waals surface area contributed by atoms with Crippen LogP contribution < -0.4 is 10.5 Å². The van der Waals surface area contributed by atoms with Crippen molar-refractivity contribution in [2.24, 2.45) is 5.73 Å². The molecule has 0 unspecified atom stereocenters. The topological polar surface area (TPSA) is 55.6 Å². The molecule has 1 amide bonds. The normalized spacial score (nSPS) is 14.7. The summed E-state index contributed by atoms with van der Waals surface area (Å²) in [5.41, 5.74) is 7.16. The van der Waals surface area contributed by atoms with Crippen molar-refractivity contribution in [2.45, 2.75) is 25.5 Å². The molecule has 1 saturated heterocycles. The Labute approximate surface area is 157 Å². The fraction of sp³-hybridized carbons (Fsp3) is 0.316. The van der Waals surface area contributed by atoms with Gasteiger partial charge in [0.2, 0.25) is 0 Å². The third kappa shape index (κ3) is 4.71. The summed E-state index contributed by atoms with van der Waals surface area (Å²) < 4.78 is 32.2. The van der Waals surface area contributed by atoms with Gasteiger partial charge in [-0.15, -0.1) is 12.4 Å². The molecule has 4 nitrogen and oxygen atoms in total. The second-order valence-electron chi connectivity index (χ2n) is 6.09. The maximum Gasteiger partial charge on any atom is 0.253 e. The summed E-state index contributed by atoms with van der Waals surface area (Å²) in [6.45, 7) is 1.51. The Morgan fingerprint density at radius 3 is 2.35 bits per heavy atom. The minimum Gasteiger partial charge on any atom is -0.487 e. The van der Waals surface area contributed by atoms with E-state index in [1.54, 1.807) is 17.0 Å². The van der Waals surface area contributed by atoms with E-state index in [0.29, 0.717) is 38.0 Å². The molecule has 1 aliphatic rings. The second-order valence-corrected chi connectivity index (χ2v) is 6.09. The van der Waals surface area contributed by atoms with E-state index in [0.717, 1.165) is 11.6 Å². The van der Waals surface area contributed by atoms with Crippen LogP contribution in [0.15, 0.2) is 42.5 Å². The number of rotatable bonds is 4. The van der Waals surface area contributed by atoms with Gasteiger partial charge in [-0.2, -0.15) is 0 Å². The van der Waals surface area contributed by atoms with E-state index in [4.69, 9.17) is 10.5 Å². The highest BCUT2D eigenvalue weighted by Crippen LogP contribution is 2.23. The molecule has 0 radical (unpaired) electrons. The van der Waals surface area contributed by atoms with Gasteiger partial charge in [0.25, 0.3) is 5.91 Å². The zero-order valence-corrected chi connectivity index (χ0v) is 15.0. The van der Waals surface area contributed by atoms with Gasteiger partial charge in [-0.25, -0.2) is 8.78 Å². The van der Waals surface area contributed by atoms with Crippen LogP contribution >= 0.6 is 12.4 Å². The minimum absolute atomic E-state index is 0. The SMILES string of the molecule is Cl.NCc1ccc(C(=O)N2CCC(Oc3ccc(F)cc3F)CC2)cc1. The van der Waals surface area contributed by atoms with Crippen molar-refractivity contribution in [2.75, 3.05) is 13.1 Å². The Kier molecular flexibility index (Phi) is 6.94. The number of amides is 1. The van der Waals surface area contributed by atoms with Crippen LogP contribution in [0.2, 0.25) is 0 Å². The molecule has 2 aromatic carbocycles. The maximum atomic E-state index is 13.7. The number of nitrogens with zero attached hydrogens (tertiary/aromatic N) is 1.